The summed E-state index contributed by atoms with van der Waals surface area (Å²) < 4.78 is 0. The first-order chi connectivity index (χ1) is 9.54. The molecule has 0 aliphatic rings. The monoisotopic (exact) mass is 282 g/mol. The average molecular weight is 282 g/mol. The van der Waals surface area contributed by atoms with Crippen LogP contribution in [0, 0.1) is 0 Å². The highest BCUT2D eigenvalue weighted by atomic mass is 16.3. The van der Waals surface area contributed by atoms with Gasteiger partial charge in [-0.05, 0) is 19.8 Å². The van der Waals surface area contributed by atoms with Gasteiger partial charge in [-0.15, -0.1) is 0 Å². The number of anilines is 2. The summed E-state index contributed by atoms with van der Waals surface area (Å²) in [4.78, 5) is 8.53. The minimum Gasteiger partial charge on any atom is -0.393 e. The number of aliphatic hydroxyl groups excluding tert-OH is 1. The number of aliphatic hydroxyl groups is 2. The summed E-state index contributed by atoms with van der Waals surface area (Å²) in [5.41, 5.74) is -0.136. The molecule has 0 bridgehead atoms. The van der Waals surface area contributed by atoms with E-state index in [9.17, 15) is 5.11 Å². The van der Waals surface area contributed by atoms with Gasteiger partial charge in [0.2, 0.25) is 0 Å². The Morgan fingerprint density at radius 3 is 2.35 bits per heavy atom. The second kappa shape index (κ2) is 8.01. The Bertz CT molecular complexity index is 410. The van der Waals surface area contributed by atoms with Crippen LogP contribution in [-0.4, -0.2) is 45.5 Å². The molecule has 0 aliphatic carbocycles. The van der Waals surface area contributed by atoms with Gasteiger partial charge in [-0.3, -0.25) is 0 Å². The fraction of sp³-hybridized carbons (Fsp3) is 0.714. The SMILES string of the molecule is CCCNc1ncnc(NCC(C)(O)CO)c1CCC. The first kappa shape index (κ1) is 16.7. The van der Waals surface area contributed by atoms with Gasteiger partial charge >= 0.3 is 0 Å². The number of hydrogen-bond donors (Lipinski definition) is 4. The summed E-state index contributed by atoms with van der Waals surface area (Å²) in [7, 11) is 0. The molecule has 0 aromatic carbocycles. The fourth-order valence-electron chi connectivity index (χ4n) is 1.78. The molecule has 0 aliphatic heterocycles. The third kappa shape index (κ3) is 4.94. The fourth-order valence-corrected chi connectivity index (χ4v) is 1.78. The van der Waals surface area contributed by atoms with Crippen molar-refractivity contribution in [3.05, 3.63) is 11.9 Å². The molecular weight excluding hydrogens is 256 g/mol. The molecule has 0 saturated heterocycles. The molecule has 0 radical (unpaired) electrons. The molecule has 6 nitrogen and oxygen atoms in total. The van der Waals surface area contributed by atoms with Gasteiger partial charge in [0.1, 0.15) is 23.6 Å². The van der Waals surface area contributed by atoms with Gasteiger partial charge in [0.25, 0.3) is 0 Å². The van der Waals surface area contributed by atoms with Crippen molar-refractivity contribution in [3.8, 4) is 0 Å². The Morgan fingerprint density at radius 2 is 1.80 bits per heavy atom. The Labute approximate surface area is 120 Å². The maximum Gasteiger partial charge on any atom is 0.134 e. The predicted molar refractivity (Wildman–Crippen MR) is 81.0 cm³/mol. The van der Waals surface area contributed by atoms with E-state index in [0.717, 1.165) is 37.2 Å². The molecule has 0 spiro atoms. The summed E-state index contributed by atoms with van der Waals surface area (Å²) in [5, 5.41) is 25.3. The third-order valence-corrected chi connectivity index (χ3v) is 2.97. The van der Waals surface area contributed by atoms with Crippen molar-refractivity contribution in [2.24, 2.45) is 0 Å². The summed E-state index contributed by atoms with van der Waals surface area (Å²) >= 11 is 0. The second-order valence-corrected chi connectivity index (χ2v) is 5.23. The number of nitrogens with one attached hydrogen (secondary N) is 2. The molecule has 1 atom stereocenters. The first-order valence-electron chi connectivity index (χ1n) is 7.19. The largest absolute Gasteiger partial charge is 0.393 e. The predicted octanol–water partition coefficient (Wildman–Crippen LogP) is 1.41. The van der Waals surface area contributed by atoms with E-state index in [0.29, 0.717) is 5.82 Å². The minimum atomic E-state index is -1.16. The maximum absolute atomic E-state index is 9.84. The zero-order valence-electron chi connectivity index (χ0n) is 12.6. The Hall–Kier alpha value is -1.40. The van der Waals surface area contributed by atoms with Gasteiger partial charge in [0, 0.05) is 18.7 Å². The van der Waals surface area contributed by atoms with Gasteiger partial charge in [-0.25, -0.2) is 9.97 Å². The number of nitrogens with zero attached hydrogens (tertiary/aromatic N) is 2. The zero-order chi connectivity index (χ0) is 15.0. The first-order valence-corrected chi connectivity index (χ1v) is 7.19. The highest BCUT2D eigenvalue weighted by Gasteiger charge is 2.20. The molecule has 0 fully saturated rings. The molecule has 1 rings (SSSR count). The molecule has 114 valence electrons. The van der Waals surface area contributed by atoms with E-state index in [1.165, 1.54) is 6.33 Å². The summed E-state index contributed by atoms with van der Waals surface area (Å²) in [5.74, 6) is 1.56. The molecule has 0 saturated carbocycles. The van der Waals surface area contributed by atoms with Crippen LogP contribution in [0.1, 0.15) is 39.2 Å². The van der Waals surface area contributed by atoms with Crippen LogP contribution in [0.5, 0.6) is 0 Å². The van der Waals surface area contributed by atoms with Crippen molar-refractivity contribution < 1.29 is 10.2 Å². The van der Waals surface area contributed by atoms with Crippen LogP contribution in [0.2, 0.25) is 0 Å². The molecule has 1 heterocycles. The van der Waals surface area contributed by atoms with Gasteiger partial charge in [0.15, 0.2) is 0 Å². The lowest BCUT2D eigenvalue weighted by Gasteiger charge is -2.22. The van der Waals surface area contributed by atoms with Crippen LogP contribution in [0.15, 0.2) is 6.33 Å². The van der Waals surface area contributed by atoms with E-state index in [-0.39, 0.29) is 13.2 Å². The number of aromatic nitrogens is 2. The highest BCUT2D eigenvalue weighted by Crippen LogP contribution is 2.22. The smallest absolute Gasteiger partial charge is 0.134 e. The lowest BCUT2D eigenvalue weighted by molar-refractivity contribution is 0.0131. The zero-order valence-corrected chi connectivity index (χ0v) is 12.6. The summed E-state index contributed by atoms with van der Waals surface area (Å²) in [6, 6.07) is 0. The molecule has 4 N–H and O–H groups in total. The van der Waals surface area contributed by atoms with Crippen LogP contribution in [-0.2, 0) is 6.42 Å². The molecule has 0 amide bonds. The van der Waals surface area contributed by atoms with Crippen molar-refractivity contribution in [3.63, 3.8) is 0 Å². The average Bonchev–Trinajstić information content (AvgIpc) is 2.45. The standard InChI is InChI=1S/C14H26N4O2/c1-4-6-11-12(15-7-5-2)17-10-18-13(11)16-8-14(3,20)9-19/h10,19-20H,4-9H2,1-3H3,(H2,15,16,17,18). The van der Waals surface area contributed by atoms with Crippen molar-refractivity contribution in [2.75, 3.05) is 30.3 Å². The minimum absolute atomic E-state index is 0.241. The van der Waals surface area contributed by atoms with E-state index in [4.69, 9.17) is 5.11 Å². The molecule has 20 heavy (non-hydrogen) atoms. The van der Waals surface area contributed by atoms with Crippen LogP contribution in [0.4, 0.5) is 11.6 Å². The topological polar surface area (TPSA) is 90.3 Å². The van der Waals surface area contributed by atoms with Crippen molar-refractivity contribution in [2.45, 2.75) is 45.6 Å². The summed E-state index contributed by atoms with van der Waals surface area (Å²) in [6.07, 6.45) is 4.38. The van der Waals surface area contributed by atoms with E-state index in [1.54, 1.807) is 6.92 Å². The van der Waals surface area contributed by atoms with Crippen LogP contribution < -0.4 is 10.6 Å². The normalized spacial score (nSPS) is 13.8. The lowest BCUT2D eigenvalue weighted by atomic mass is 10.1. The van der Waals surface area contributed by atoms with E-state index < -0.39 is 5.60 Å². The van der Waals surface area contributed by atoms with Crippen molar-refractivity contribution in [1.82, 2.24) is 9.97 Å². The van der Waals surface area contributed by atoms with Gasteiger partial charge in [-0.2, -0.15) is 0 Å². The van der Waals surface area contributed by atoms with Crippen LogP contribution >= 0.6 is 0 Å². The third-order valence-electron chi connectivity index (χ3n) is 2.97. The maximum atomic E-state index is 9.84. The highest BCUT2D eigenvalue weighted by molar-refractivity contribution is 5.57. The van der Waals surface area contributed by atoms with Crippen LogP contribution in [0.3, 0.4) is 0 Å². The molecular formula is C14H26N4O2. The lowest BCUT2D eigenvalue weighted by Crippen LogP contribution is -2.37. The Balaban J connectivity index is 2.88. The molecule has 1 unspecified atom stereocenters. The van der Waals surface area contributed by atoms with Crippen molar-refractivity contribution in [1.29, 1.82) is 0 Å². The van der Waals surface area contributed by atoms with E-state index >= 15 is 0 Å². The van der Waals surface area contributed by atoms with Crippen molar-refractivity contribution >= 4 is 11.6 Å². The van der Waals surface area contributed by atoms with Gasteiger partial charge < -0.3 is 20.8 Å². The summed E-state index contributed by atoms with van der Waals surface area (Å²) in [6.45, 7) is 6.59. The number of hydrogen-bond acceptors (Lipinski definition) is 6. The Kier molecular flexibility index (Phi) is 6.67. The van der Waals surface area contributed by atoms with Crippen LogP contribution in [0.25, 0.3) is 0 Å². The van der Waals surface area contributed by atoms with E-state index in [1.807, 2.05) is 0 Å². The van der Waals surface area contributed by atoms with Gasteiger partial charge in [0.05, 0.1) is 6.61 Å². The molecule has 6 heteroatoms. The number of rotatable bonds is 9. The molecule has 1 aromatic heterocycles. The quantitative estimate of drug-likeness (QED) is 0.547. The Morgan fingerprint density at radius 1 is 1.15 bits per heavy atom. The second-order valence-electron chi connectivity index (χ2n) is 5.23. The molecule has 1 aromatic rings. The van der Waals surface area contributed by atoms with E-state index in [2.05, 4.69) is 34.4 Å². The van der Waals surface area contributed by atoms with Gasteiger partial charge in [-0.1, -0.05) is 20.3 Å².